The number of fused-ring (bicyclic) bond motifs is 1. The van der Waals surface area contributed by atoms with Crippen molar-refractivity contribution in [3.63, 3.8) is 0 Å². The first kappa shape index (κ1) is 44.9. The van der Waals surface area contributed by atoms with Crippen LogP contribution in [0.4, 0.5) is 10.5 Å². The van der Waals surface area contributed by atoms with E-state index in [0.29, 0.717) is 25.1 Å². The molecule has 2 unspecified atom stereocenters. The van der Waals surface area contributed by atoms with E-state index in [1.54, 1.807) is 13.0 Å². The van der Waals surface area contributed by atoms with Crippen molar-refractivity contribution in [2.75, 3.05) is 18.1 Å². The van der Waals surface area contributed by atoms with Gasteiger partial charge in [0.05, 0.1) is 30.5 Å². The van der Waals surface area contributed by atoms with Crippen LogP contribution in [-0.2, 0) is 25.7 Å². The zero-order valence-corrected chi connectivity index (χ0v) is 33.2. The van der Waals surface area contributed by atoms with Crippen LogP contribution in [0.3, 0.4) is 0 Å². The predicted molar refractivity (Wildman–Crippen MR) is 215 cm³/mol. The maximum Gasteiger partial charge on any atom is 0.408 e. The van der Waals surface area contributed by atoms with Crippen LogP contribution in [0.5, 0.6) is 0 Å². The first-order chi connectivity index (χ1) is 26.2. The molecule has 6 atom stereocenters. The van der Waals surface area contributed by atoms with Crippen LogP contribution in [0.2, 0.25) is 0 Å². The Morgan fingerprint density at radius 2 is 1.45 bits per heavy atom. The molecule has 0 aliphatic heterocycles. The normalized spacial score (nSPS) is 14.7. The lowest BCUT2D eigenvalue weighted by molar-refractivity contribution is -0.129. The van der Waals surface area contributed by atoms with E-state index in [0.717, 1.165) is 22.8 Å². The number of aliphatic hydroxyl groups excluding tert-OH is 3. The molecule has 0 aliphatic rings. The Bertz CT molecular complexity index is 1650. The summed E-state index contributed by atoms with van der Waals surface area (Å²) < 4.78 is 5.41. The third-order valence-corrected chi connectivity index (χ3v) is 9.49. The van der Waals surface area contributed by atoms with Crippen molar-refractivity contribution in [1.29, 1.82) is 0 Å². The first-order valence-electron chi connectivity index (χ1n) is 19.6. The number of amides is 4. The van der Waals surface area contributed by atoms with E-state index >= 15 is 0 Å². The minimum absolute atomic E-state index is 0.0148. The van der Waals surface area contributed by atoms with Gasteiger partial charge >= 0.3 is 6.09 Å². The Labute approximate surface area is 326 Å². The number of hydrogen-bond donors (Lipinski definition) is 6. The van der Waals surface area contributed by atoms with Crippen LogP contribution >= 0.6 is 0 Å². The molecule has 302 valence electrons. The van der Waals surface area contributed by atoms with Gasteiger partial charge in [-0.05, 0) is 61.5 Å². The fourth-order valence-corrected chi connectivity index (χ4v) is 6.56. The summed E-state index contributed by atoms with van der Waals surface area (Å²) in [6, 6.07) is 19.3. The van der Waals surface area contributed by atoms with Gasteiger partial charge in [-0.2, -0.15) is 0 Å². The smallest absolute Gasteiger partial charge is 0.408 e. The van der Waals surface area contributed by atoms with Gasteiger partial charge in [0.25, 0.3) is 0 Å². The summed E-state index contributed by atoms with van der Waals surface area (Å²) in [5.41, 5.74) is 1.28. The van der Waals surface area contributed by atoms with Crippen molar-refractivity contribution in [1.82, 2.24) is 16.0 Å². The molecule has 0 bridgehead atoms. The molecule has 4 amide bonds. The van der Waals surface area contributed by atoms with Crippen LogP contribution in [-0.4, -0.2) is 82.6 Å². The maximum absolute atomic E-state index is 14.6. The molecule has 0 aromatic heterocycles. The quantitative estimate of drug-likeness (QED) is 0.0782. The number of carbonyl (C=O) groups is 4. The maximum atomic E-state index is 14.6. The third-order valence-electron chi connectivity index (χ3n) is 9.49. The van der Waals surface area contributed by atoms with Gasteiger partial charge in [0.2, 0.25) is 17.7 Å². The molecule has 0 radical (unpaired) electrons. The molecule has 3 aromatic rings. The molecule has 55 heavy (non-hydrogen) atoms. The summed E-state index contributed by atoms with van der Waals surface area (Å²) in [5, 5.41) is 41.7. The second kappa shape index (κ2) is 22.8. The highest BCUT2D eigenvalue weighted by atomic mass is 16.5. The summed E-state index contributed by atoms with van der Waals surface area (Å²) in [7, 11) is 0. The van der Waals surface area contributed by atoms with Crippen LogP contribution in [0.1, 0.15) is 85.6 Å². The average molecular weight is 763 g/mol. The third kappa shape index (κ3) is 14.2. The monoisotopic (exact) mass is 762 g/mol. The lowest BCUT2D eigenvalue weighted by atomic mass is 9.88. The zero-order chi connectivity index (χ0) is 40.5. The highest BCUT2D eigenvalue weighted by Gasteiger charge is 2.37. The molecule has 12 nitrogen and oxygen atoms in total. The van der Waals surface area contributed by atoms with Gasteiger partial charge in [0.1, 0.15) is 18.7 Å². The van der Waals surface area contributed by atoms with Gasteiger partial charge < -0.3 is 36.0 Å². The first-order valence-corrected chi connectivity index (χ1v) is 19.6. The Hall–Kier alpha value is -4.52. The minimum atomic E-state index is -1.19. The molecule has 0 saturated carbocycles. The fraction of sp³-hybridized carbons (Fsp3) is 0.535. The van der Waals surface area contributed by atoms with Crippen LogP contribution in [0, 0.1) is 17.8 Å². The van der Waals surface area contributed by atoms with Gasteiger partial charge in [-0.3, -0.25) is 19.3 Å². The van der Waals surface area contributed by atoms with E-state index in [-0.39, 0.29) is 43.6 Å². The number of ether oxygens (including phenoxy) is 1. The minimum Gasteiger partial charge on any atom is -0.445 e. The van der Waals surface area contributed by atoms with Crippen molar-refractivity contribution in [3.8, 4) is 0 Å². The number of hydrogen-bond acceptors (Lipinski definition) is 8. The largest absolute Gasteiger partial charge is 0.445 e. The average Bonchev–Trinajstić information content (AvgIpc) is 3.16. The second-order valence-corrected chi connectivity index (χ2v) is 15.2. The van der Waals surface area contributed by atoms with Crippen molar-refractivity contribution in [3.05, 3.63) is 78.4 Å². The van der Waals surface area contributed by atoms with E-state index < -0.39 is 60.8 Å². The molecule has 0 aliphatic carbocycles. The van der Waals surface area contributed by atoms with E-state index in [2.05, 4.69) is 16.0 Å². The summed E-state index contributed by atoms with van der Waals surface area (Å²) in [6.45, 7) is 11.2. The molecule has 0 spiro atoms. The number of anilines is 1. The van der Waals surface area contributed by atoms with Crippen molar-refractivity contribution in [2.45, 2.75) is 117 Å². The Balaban J connectivity index is 1.98. The van der Waals surface area contributed by atoms with E-state index in [9.17, 15) is 34.5 Å². The summed E-state index contributed by atoms with van der Waals surface area (Å²) in [6.07, 6.45) is -1.29. The molecule has 0 saturated heterocycles. The predicted octanol–water partition coefficient (Wildman–Crippen LogP) is 5.46. The number of aliphatic hydroxyl groups is 3. The molecule has 0 fully saturated rings. The van der Waals surface area contributed by atoms with Gasteiger partial charge in [-0.15, -0.1) is 0 Å². The molecule has 0 heterocycles. The van der Waals surface area contributed by atoms with Crippen LogP contribution in [0.15, 0.2) is 72.8 Å². The van der Waals surface area contributed by atoms with E-state index in [1.807, 2.05) is 101 Å². The van der Waals surface area contributed by atoms with Crippen molar-refractivity contribution < 1.29 is 39.2 Å². The number of unbranched alkanes of at least 4 members (excludes halogenated alkanes) is 1. The number of alkyl carbamates (subject to hydrolysis) is 1. The Kier molecular flexibility index (Phi) is 18.6. The number of carbonyl (C=O) groups excluding carboxylic acids is 4. The van der Waals surface area contributed by atoms with E-state index in [4.69, 9.17) is 4.74 Å². The SMILES string of the molecule is CCCC[C@@H](C(=O)N[C@@H](CC(C)C)[C@@H](O)CC(CC(O)CO)C(=O)NCC(C)C)N(C(=O)[C@H](C)NC(=O)OCc1ccccc1)c1cccc2ccccc12. The Morgan fingerprint density at radius 1 is 0.782 bits per heavy atom. The number of benzene rings is 3. The van der Waals surface area contributed by atoms with Crippen molar-refractivity contribution >= 4 is 40.3 Å². The molecule has 12 heteroatoms. The second-order valence-electron chi connectivity index (χ2n) is 15.2. The van der Waals surface area contributed by atoms with Crippen LogP contribution < -0.4 is 20.9 Å². The fourth-order valence-electron chi connectivity index (χ4n) is 6.56. The van der Waals surface area contributed by atoms with Gasteiger partial charge in [-0.1, -0.05) is 114 Å². The highest BCUT2D eigenvalue weighted by molar-refractivity contribution is 6.09. The van der Waals surface area contributed by atoms with E-state index in [1.165, 1.54) is 4.90 Å². The topological polar surface area (TPSA) is 178 Å². The molecule has 3 rings (SSSR count). The number of nitrogens with one attached hydrogen (secondary N) is 3. The molecular formula is C43H62N4O8. The van der Waals surface area contributed by atoms with Crippen LogP contribution in [0.25, 0.3) is 10.8 Å². The van der Waals surface area contributed by atoms with Crippen molar-refractivity contribution in [2.24, 2.45) is 17.8 Å². The summed E-state index contributed by atoms with van der Waals surface area (Å²) in [5.74, 6) is -1.99. The van der Waals surface area contributed by atoms with Gasteiger partial charge in [0, 0.05) is 17.8 Å². The summed E-state index contributed by atoms with van der Waals surface area (Å²) in [4.78, 5) is 56.9. The van der Waals surface area contributed by atoms with Gasteiger partial charge in [-0.25, -0.2) is 4.79 Å². The lowest BCUT2D eigenvalue weighted by Gasteiger charge is -2.36. The molecule has 3 aromatic carbocycles. The molecule has 6 N–H and O–H groups in total. The Morgan fingerprint density at radius 3 is 2.11 bits per heavy atom. The summed E-state index contributed by atoms with van der Waals surface area (Å²) >= 11 is 0. The highest BCUT2D eigenvalue weighted by Crippen LogP contribution is 2.31. The number of nitrogens with zero attached hydrogens (tertiary/aromatic N) is 1. The molecular weight excluding hydrogens is 700 g/mol. The standard InChI is InChI=1S/C43H62N4O8/c1-7-8-20-38(41(52)46-36(22-28(2)3)39(50)24-33(23-34(49)26-48)40(51)44-25-29(4)5)47(37-21-14-18-32-17-12-13-19-35(32)37)42(53)30(6)45-43(54)55-27-31-15-10-9-11-16-31/h9-19,21,28-30,33-34,36,38-39,48-50H,7-8,20,22-27H2,1-6H3,(H,44,51)(H,45,54)(H,46,52)/t30-,33?,34?,36-,38-,39-/m0/s1. The lowest BCUT2D eigenvalue weighted by Crippen LogP contribution is -2.58. The van der Waals surface area contributed by atoms with Gasteiger partial charge in [0.15, 0.2) is 0 Å². The zero-order valence-electron chi connectivity index (χ0n) is 33.2. The number of rotatable bonds is 22.